The maximum atomic E-state index is 11.6. The largest absolute Gasteiger partial charge is 0.315 e. The molecule has 0 aromatic carbocycles. The van der Waals surface area contributed by atoms with Crippen molar-refractivity contribution in [1.29, 1.82) is 5.26 Å². The Balaban J connectivity index is 3.87. The molecule has 0 radical (unpaired) electrons. The van der Waals surface area contributed by atoms with Crippen molar-refractivity contribution in [2.45, 2.75) is 5.03 Å². The maximum absolute atomic E-state index is 11.6. The average Bonchev–Trinajstić information content (AvgIpc) is 2.20. The van der Waals surface area contributed by atoms with Crippen LogP contribution >= 0.6 is 24.0 Å². The summed E-state index contributed by atoms with van der Waals surface area (Å²) in [6.45, 7) is 0. The Morgan fingerprint density at radius 2 is 2.00 bits per heavy atom. The van der Waals surface area contributed by atoms with Crippen molar-refractivity contribution in [3.63, 3.8) is 0 Å². The molecule has 0 amide bonds. The number of thioether (sulfide) groups is 1. The summed E-state index contributed by atoms with van der Waals surface area (Å²) in [6, 6.07) is 1.90. The first-order chi connectivity index (χ1) is 6.54. The number of hydrogen-bond acceptors (Lipinski definition) is 4. The van der Waals surface area contributed by atoms with Crippen LogP contribution in [0.5, 0.6) is 0 Å². The van der Waals surface area contributed by atoms with Gasteiger partial charge >= 0.3 is 0 Å². The van der Waals surface area contributed by atoms with E-state index in [-0.39, 0.29) is 11.1 Å². The van der Waals surface area contributed by atoms with Gasteiger partial charge < -0.3 is 4.57 Å². The quantitative estimate of drug-likeness (QED) is 0.409. The lowest BCUT2D eigenvalue weighted by atomic mass is 10.3. The third-order valence-corrected chi connectivity index (χ3v) is 3.33. The third-order valence-electron chi connectivity index (χ3n) is 1.92. The highest BCUT2D eigenvalue weighted by Crippen LogP contribution is 2.15. The number of nitriles is 1. The van der Waals surface area contributed by atoms with E-state index in [0.29, 0.717) is 9.80 Å². The summed E-state index contributed by atoms with van der Waals surface area (Å²) >= 11 is 6.39. The van der Waals surface area contributed by atoms with Gasteiger partial charge in [-0.15, -0.1) is 11.8 Å². The van der Waals surface area contributed by atoms with E-state index in [0.717, 1.165) is 0 Å². The molecule has 0 bridgehead atoms. The van der Waals surface area contributed by atoms with Gasteiger partial charge in [0.25, 0.3) is 5.56 Å². The lowest BCUT2D eigenvalue weighted by Gasteiger charge is -2.10. The second-order valence-corrected chi connectivity index (χ2v) is 3.86. The number of aromatic nitrogens is 2. The zero-order valence-electron chi connectivity index (χ0n) is 8.07. The second kappa shape index (κ2) is 3.98. The first kappa shape index (κ1) is 11.0. The standard InChI is InChI=1S/C8H9N3OS2/c1-10-6(12)5(4-9)7(14-3)11(2)8(10)13/h1-3H3. The molecule has 0 aliphatic rings. The van der Waals surface area contributed by atoms with Gasteiger partial charge in [0.1, 0.15) is 16.7 Å². The van der Waals surface area contributed by atoms with Crippen LogP contribution in [0.25, 0.3) is 0 Å². The number of nitrogens with zero attached hydrogens (tertiary/aromatic N) is 3. The lowest BCUT2D eigenvalue weighted by molar-refractivity contribution is 0.659. The minimum Gasteiger partial charge on any atom is -0.315 e. The van der Waals surface area contributed by atoms with Gasteiger partial charge in [0.2, 0.25) is 0 Å². The van der Waals surface area contributed by atoms with E-state index < -0.39 is 0 Å². The van der Waals surface area contributed by atoms with Crippen LogP contribution in [0.2, 0.25) is 0 Å². The highest BCUT2D eigenvalue weighted by Gasteiger charge is 2.11. The molecule has 0 saturated carbocycles. The molecular formula is C8H9N3OS2. The van der Waals surface area contributed by atoms with E-state index >= 15 is 0 Å². The topological polar surface area (TPSA) is 50.7 Å². The van der Waals surface area contributed by atoms with Crippen molar-refractivity contribution in [1.82, 2.24) is 9.13 Å². The molecular weight excluding hydrogens is 218 g/mol. The predicted octanol–water partition coefficient (Wildman–Crippen LogP) is 1.05. The Labute approximate surface area is 90.8 Å². The second-order valence-electron chi connectivity index (χ2n) is 2.70. The van der Waals surface area contributed by atoms with Crippen molar-refractivity contribution < 1.29 is 0 Å². The van der Waals surface area contributed by atoms with E-state index in [4.69, 9.17) is 17.5 Å². The molecule has 0 unspecified atom stereocenters. The summed E-state index contributed by atoms with van der Waals surface area (Å²) in [7, 11) is 3.31. The Morgan fingerprint density at radius 1 is 1.43 bits per heavy atom. The fourth-order valence-corrected chi connectivity index (χ4v) is 2.09. The minimum atomic E-state index is -0.333. The summed E-state index contributed by atoms with van der Waals surface area (Å²) in [5, 5.41) is 9.46. The smallest absolute Gasteiger partial charge is 0.273 e. The van der Waals surface area contributed by atoms with Crippen LogP contribution in [-0.2, 0) is 14.1 Å². The molecule has 6 heteroatoms. The van der Waals surface area contributed by atoms with Crippen LogP contribution in [0, 0.1) is 16.1 Å². The number of hydrogen-bond donors (Lipinski definition) is 0. The average molecular weight is 227 g/mol. The van der Waals surface area contributed by atoms with Gasteiger partial charge in [-0.3, -0.25) is 9.36 Å². The van der Waals surface area contributed by atoms with Crippen molar-refractivity contribution in [2.24, 2.45) is 14.1 Å². The van der Waals surface area contributed by atoms with Gasteiger partial charge in [-0.05, 0) is 18.5 Å². The minimum absolute atomic E-state index is 0.149. The fraction of sp³-hybridized carbons (Fsp3) is 0.375. The van der Waals surface area contributed by atoms with Crippen LogP contribution in [0.1, 0.15) is 5.56 Å². The molecule has 74 valence electrons. The van der Waals surface area contributed by atoms with Crippen molar-refractivity contribution in [2.75, 3.05) is 6.26 Å². The Morgan fingerprint density at radius 3 is 2.43 bits per heavy atom. The first-order valence-corrected chi connectivity index (χ1v) is 5.42. The van der Waals surface area contributed by atoms with Crippen molar-refractivity contribution >= 4 is 24.0 Å². The normalized spacial score (nSPS) is 9.86. The van der Waals surface area contributed by atoms with Gasteiger partial charge in [-0.25, -0.2) is 0 Å². The molecule has 0 fully saturated rings. The van der Waals surface area contributed by atoms with E-state index in [2.05, 4.69) is 0 Å². The van der Waals surface area contributed by atoms with Gasteiger partial charge in [0.05, 0.1) is 0 Å². The van der Waals surface area contributed by atoms with Crippen molar-refractivity contribution in [3.05, 3.63) is 20.7 Å². The van der Waals surface area contributed by atoms with E-state index in [1.54, 1.807) is 18.7 Å². The highest BCUT2D eigenvalue weighted by atomic mass is 32.2. The number of rotatable bonds is 1. The SMILES string of the molecule is CSc1c(C#N)c(=O)n(C)c(=S)n1C. The molecule has 0 saturated heterocycles. The first-order valence-electron chi connectivity index (χ1n) is 3.78. The molecule has 1 aromatic rings. The van der Waals surface area contributed by atoms with Gasteiger partial charge in [0.15, 0.2) is 4.77 Å². The Kier molecular flexibility index (Phi) is 3.13. The van der Waals surface area contributed by atoms with Crippen LogP contribution in [0.3, 0.4) is 0 Å². The van der Waals surface area contributed by atoms with Gasteiger partial charge in [0, 0.05) is 14.1 Å². The predicted molar refractivity (Wildman–Crippen MR) is 58.0 cm³/mol. The van der Waals surface area contributed by atoms with Crippen molar-refractivity contribution in [3.8, 4) is 6.07 Å². The zero-order valence-corrected chi connectivity index (χ0v) is 9.70. The van der Waals surface area contributed by atoms with Crippen LogP contribution in [-0.4, -0.2) is 15.4 Å². The summed E-state index contributed by atoms with van der Waals surface area (Å²) in [5.74, 6) is 0. The molecule has 0 spiro atoms. The summed E-state index contributed by atoms with van der Waals surface area (Å²) in [5.41, 5.74) is -0.184. The van der Waals surface area contributed by atoms with E-state index in [1.807, 2.05) is 12.3 Å². The van der Waals surface area contributed by atoms with Crippen LogP contribution < -0.4 is 5.56 Å². The lowest BCUT2D eigenvalue weighted by Crippen LogP contribution is -2.25. The van der Waals surface area contributed by atoms with E-state index in [9.17, 15) is 4.79 Å². The third kappa shape index (κ3) is 1.49. The molecule has 14 heavy (non-hydrogen) atoms. The molecule has 1 rings (SSSR count). The molecule has 0 N–H and O–H groups in total. The molecule has 0 aliphatic carbocycles. The van der Waals surface area contributed by atoms with E-state index in [1.165, 1.54) is 16.3 Å². The Hall–Kier alpha value is -1.06. The zero-order chi connectivity index (χ0) is 10.9. The molecule has 1 aromatic heterocycles. The summed E-state index contributed by atoms with van der Waals surface area (Å²) in [4.78, 5) is 11.6. The van der Waals surface area contributed by atoms with Crippen LogP contribution in [0.15, 0.2) is 9.82 Å². The summed E-state index contributed by atoms with van der Waals surface area (Å²) < 4.78 is 3.38. The maximum Gasteiger partial charge on any atom is 0.273 e. The fourth-order valence-electron chi connectivity index (χ4n) is 1.16. The molecule has 0 atom stereocenters. The molecule has 0 aliphatic heterocycles. The van der Waals surface area contributed by atoms with Gasteiger partial charge in [-0.1, -0.05) is 0 Å². The monoisotopic (exact) mass is 227 g/mol. The van der Waals surface area contributed by atoms with Crippen LogP contribution in [0.4, 0.5) is 0 Å². The molecule has 1 heterocycles. The highest BCUT2D eigenvalue weighted by molar-refractivity contribution is 7.98. The summed E-state index contributed by atoms with van der Waals surface area (Å²) in [6.07, 6.45) is 1.81. The Bertz CT molecular complexity index is 521. The van der Waals surface area contributed by atoms with Gasteiger partial charge in [-0.2, -0.15) is 5.26 Å². The molecule has 4 nitrogen and oxygen atoms in total.